The fourth-order valence-electron chi connectivity index (χ4n) is 1.72. The number of benzene rings is 1. The fourth-order valence-corrected chi connectivity index (χ4v) is 2.26. The molecule has 1 heterocycles. The van der Waals surface area contributed by atoms with Crippen molar-refractivity contribution in [2.45, 2.75) is 6.04 Å². The second kappa shape index (κ2) is 5.06. The molecule has 1 unspecified atom stereocenters. The van der Waals surface area contributed by atoms with Crippen LogP contribution in [-0.4, -0.2) is 9.78 Å². The standard InChI is InChI=1S/C11H12Cl2N4/c1-17-6-8(5-15-17)11(16-14)7-2-9(12)4-10(13)3-7/h2-6,11,16H,14H2,1H3. The number of aryl methyl sites for hydroxylation is 1. The number of hydrazine groups is 1. The molecule has 3 N–H and O–H groups in total. The second-order valence-corrected chi connectivity index (χ2v) is 4.62. The predicted molar refractivity (Wildman–Crippen MR) is 68.8 cm³/mol. The van der Waals surface area contributed by atoms with Gasteiger partial charge in [0.2, 0.25) is 0 Å². The van der Waals surface area contributed by atoms with Gasteiger partial charge < -0.3 is 0 Å². The van der Waals surface area contributed by atoms with Gasteiger partial charge in [-0.3, -0.25) is 10.5 Å². The number of nitrogens with zero attached hydrogens (tertiary/aromatic N) is 2. The van der Waals surface area contributed by atoms with Crippen LogP contribution < -0.4 is 11.3 Å². The largest absolute Gasteiger partial charge is 0.275 e. The smallest absolute Gasteiger partial charge is 0.0741 e. The molecule has 0 aliphatic carbocycles. The van der Waals surface area contributed by atoms with Crippen molar-refractivity contribution in [3.8, 4) is 0 Å². The van der Waals surface area contributed by atoms with Crippen LogP contribution in [0.25, 0.3) is 0 Å². The lowest BCUT2D eigenvalue weighted by Gasteiger charge is -2.15. The zero-order valence-corrected chi connectivity index (χ0v) is 10.7. The Hall–Kier alpha value is -1.07. The van der Waals surface area contributed by atoms with E-state index in [0.717, 1.165) is 11.1 Å². The van der Waals surface area contributed by atoms with E-state index in [1.54, 1.807) is 16.9 Å². The fraction of sp³-hybridized carbons (Fsp3) is 0.182. The van der Waals surface area contributed by atoms with E-state index in [2.05, 4.69) is 10.5 Å². The normalized spacial score (nSPS) is 12.7. The molecule has 1 aromatic carbocycles. The van der Waals surface area contributed by atoms with Gasteiger partial charge in [0.15, 0.2) is 0 Å². The minimum Gasteiger partial charge on any atom is -0.275 e. The van der Waals surface area contributed by atoms with E-state index in [0.29, 0.717) is 10.0 Å². The molecule has 17 heavy (non-hydrogen) atoms. The van der Waals surface area contributed by atoms with Crippen molar-refractivity contribution in [1.82, 2.24) is 15.2 Å². The summed E-state index contributed by atoms with van der Waals surface area (Å²) in [6, 6.07) is 5.15. The van der Waals surface area contributed by atoms with Gasteiger partial charge in [0.25, 0.3) is 0 Å². The Morgan fingerprint density at radius 3 is 2.35 bits per heavy atom. The van der Waals surface area contributed by atoms with Crippen molar-refractivity contribution in [3.05, 3.63) is 51.8 Å². The Bertz CT molecular complexity index is 504. The lowest BCUT2D eigenvalue weighted by molar-refractivity contribution is 0.636. The third-order valence-electron chi connectivity index (χ3n) is 2.44. The summed E-state index contributed by atoms with van der Waals surface area (Å²) in [5, 5.41) is 5.27. The van der Waals surface area contributed by atoms with Crippen LogP contribution in [-0.2, 0) is 7.05 Å². The maximum Gasteiger partial charge on any atom is 0.0741 e. The van der Waals surface area contributed by atoms with Crippen LogP contribution in [0.4, 0.5) is 0 Å². The summed E-state index contributed by atoms with van der Waals surface area (Å²) >= 11 is 11.9. The van der Waals surface area contributed by atoms with E-state index in [-0.39, 0.29) is 6.04 Å². The SMILES string of the molecule is Cn1cc(C(NN)c2cc(Cl)cc(Cl)c2)cn1. The number of hydrogen-bond acceptors (Lipinski definition) is 3. The minimum atomic E-state index is -0.181. The number of halogens is 2. The molecular weight excluding hydrogens is 259 g/mol. The summed E-state index contributed by atoms with van der Waals surface area (Å²) in [4.78, 5) is 0. The van der Waals surface area contributed by atoms with Crippen LogP contribution in [0, 0.1) is 0 Å². The van der Waals surface area contributed by atoms with Crippen molar-refractivity contribution >= 4 is 23.2 Å². The van der Waals surface area contributed by atoms with Crippen molar-refractivity contribution in [3.63, 3.8) is 0 Å². The molecule has 1 aromatic heterocycles. The van der Waals surface area contributed by atoms with Crippen LogP contribution >= 0.6 is 23.2 Å². The summed E-state index contributed by atoms with van der Waals surface area (Å²) in [6.45, 7) is 0. The van der Waals surface area contributed by atoms with Gasteiger partial charge in [0, 0.05) is 28.9 Å². The Morgan fingerprint density at radius 2 is 1.88 bits per heavy atom. The molecule has 0 amide bonds. The summed E-state index contributed by atoms with van der Waals surface area (Å²) in [7, 11) is 1.85. The molecule has 1 atom stereocenters. The van der Waals surface area contributed by atoms with Gasteiger partial charge in [-0.05, 0) is 23.8 Å². The second-order valence-electron chi connectivity index (χ2n) is 3.75. The molecule has 90 valence electrons. The Morgan fingerprint density at radius 1 is 1.24 bits per heavy atom. The van der Waals surface area contributed by atoms with Gasteiger partial charge in [-0.2, -0.15) is 5.10 Å². The topological polar surface area (TPSA) is 55.9 Å². The highest BCUT2D eigenvalue weighted by Crippen LogP contribution is 2.27. The van der Waals surface area contributed by atoms with Gasteiger partial charge in [-0.15, -0.1) is 0 Å². The first-order valence-corrected chi connectivity index (χ1v) is 5.76. The highest BCUT2D eigenvalue weighted by Gasteiger charge is 2.15. The molecule has 0 bridgehead atoms. The third-order valence-corrected chi connectivity index (χ3v) is 2.88. The first-order valence-electron chi connectivity index (χ1n) is 5.01. The summed E-state index contributed by atoms with van der Waals surface area (Å²) in [5.41, 5.74) is 4.58. The zero-order valence-electron chi connectivity index (χ0n) is 9.19. The highest BCUT2D eigenvalue weighted by atomic mass is 35.5. The quantitative estimate of drug-likeness (QED) is 0.665. The molecule has 0 saturated heterocycles. The monoisotopic (exact) mass is 270 g/mol. The van der Waals surface area contributed by atoms with E-state index in [9.17, 15) is 0 Å². The van der Waals surface area contributed by atoms with Gasteiger partial charge in [0.1, 0.15) is 0 Å². The lowest BCUT2D eigenvalue weighted by Crippen LogP contribution is -2.28. The molecule has 6 heteroatoms. The molecule has 0 aliphatic rings. The van der Waals surface area contributed by atoms with Gasteiger partial charge in [0.05, 0.1) is 12.2 Å². The van der Waals surface area contributed by atoms with Crippen molar-refractivity contribution in [2.24, 2.45) is 12.9 Å². The molecule has 0 aliphatic heterocycles. The van der Waals surface area contributed by atoms with Crippen LogP contribution in [0.5, 0.6) is 0 Å². The molecule has 2 aromatic rings. The molecular formula is C11H12Cl2N4. The van der Waals surface area contributed by atoms with E-state index in [1.165, 1.54) is 0 Å². The first kappa shape index (κ1) is 12.4. The van der Waals surface area contributed by atoms with Crippen LogP contribution in [0.3, 0.4) is 0 Å². The predicted octanol–water partition coefficient (Wildman–Crippen LogP) is 2.28. The maximum atomic E-state index is 5.97. The van der Waals surface area contributed by atoms with Gasteiger partial charge >= 0.3 is 0 Å². The summed E-state index contributed by atoms with van der Waals surface area (Å²) < 4.78 is 1.71. The van der Waals surface area contributed by atoms with Gasteiger partial charge in [-0.25, -0.2) is 5.43 Å². The van der Waals surface area contributed by atoms with E-state index in [1.807, 2.05) is 25.4 Å². The molecule has 2 rings (SSSR count). The van der Waals surface area contributed by atoms with E-state index >= 15 is 0 Å². The summed E-state index contributed by atoms with van der Waals surface area (Å²) in [6.07, 6.45) is 3.64. The molecule has 4 nitrogen and oxygen atoms in total. The van der Waals surface area contributed by atoms with E-state index in [4.69, 9.17) is 29.0 Å². The van der Waals surface area contributed by atoms with Crippen molar-refractivity contribution in [1.29, 1.82) is 0 Å². The number of nitrogens with two attached hydrogens (primary N) is 1. The van der Waals surface area contributed by atoms with Crippen molar-refractivity contribution < 1.29 is 0 Å². The average molecular weight is 271 g/mol. The lowest BCUT2D eigenvalue weighted by atomic mass is 10.0. The average Bonchev–Trinajstić information content (AvgIpc) is 2.64. The van der Waals surface area contributed by atoms with Gasteiger partial charge in [-0.1, -0.05) is 23.2 Å². The molecule has 0 saturated carbocycles. The Labute approximate surface area is 109 Å². The van der Waals surface area contributed by atoms with Crippen molar-refractivity contribution in [2.75, 3.05) is 0 Å². The first-order chi connectivity index (χ1) is 8.10. The van der Waals surface area contributed by atoms with E-state index < -0.39 is 0 Å². The summed E-state index contributed by atoms with van der Waals surface area (Å²) in [5.74, 6) is 5.57. The maximum absolute atomic E-state index is 5.97. The minimum absolute atomic E-state index is 0.181. The number of aromatic nitrogens is 2. The number of hydrogen-bond donors (Lipinski definition) is 2. The van der Waals surface area contributed by atoms with Crippen LogP contribution in [0.1, 0.15) is 17.2 Å². The number of nitrogens with one attached hydrogen (secondary N) is 1. The Balaban J connectivity index is 2.41. The third kappa shape index (κ3) is 2.79. The van der Waals surface area contributed by atoms with Crippen LogP contribution in [0.15, 0.2) is 30.6 Å². The molecule has 0 radical (unpaired) electrons. The Kier molecular flexibility index (Phi) is 3.69. The molecule has 0 fully saturated rings. The zero-order chi connectivity index (χ0) is 12.4. The molecule has 0 spiro atoms. The highest BCUT2D eigenvalue weighted by molar-refractivity contribution is 6.34. The number of rotatable bonds is 3. The van der Waals surface area contributed by atoms with Crippen LogP contribution in [0.2, 0.25) is 10.0 Å².